The highest BCUT2D eigenvalue weighted by Gasteiger charge is 2.18. The predicted octanol–water partition coefficient (Wildman–Crippen LogP) is 0.445. The summed E-state index contributed by atoms with van der Waals surface area (Å²) in [6, 6.07) is 0. The van der Waals surface area contributed by atoms with Crippen LogP contribution in [0.25, 0.3) is 0 Å². The molecule has 1 atom stereocenters. The number of halogens is 2. The molecule has 0 heterocycles. The third-order valence-electron chi connectivity index (χ3n) is 0.246. The lowest BCUT2D eigenvalue weighted by Crippen LogP contribution is -2.14. The molecule has 1 N–H and O–H groups in total. The van der Waals surface area contributed by atoms with Gasteiger partial charge in [0.1, 0.15) is 0 Å². The Kier molecular flexibility index (Phi) is 1.77. The first-order chi connectivity index (χ1) is 2.56. The van der Waals surface area contributed by atoms with E-state index in [2.05, 4.69) is 16.3 Å². The van der Waals surface area contributed by atoms with E-state index in [0.717, 1.165) is 7.11 Å². The average Bonchev–Trinajstić information content (AvgIpc) is 1.35. The van der Waals surface area contributed by atoms with Crippen LogP contribution in [0.5, 0.6) is 0 Å². The fourth-order valence-corrected chi connectivity index (χ4v) is 0. The van der Waals surface area contributed by atoms with E-state index in [1.54, 1.807) is 0 Å². The maximum Gasteiger partial charge on any atom is 0.403 e. The van der Waals surface area contributed by atoms with Crippen molar-refractivity contribution in [3.8, 4) is 0 Å². The summed E-state index contributed by atoms with van der Waals surface area (Å²) < 4.78 is 14.8. The molecule has 0 aliphatic carbocycles. The van der Waals surface area contributed by atoms with Crippen molar-refractivity contribution in [1.29, 1.82) is 0 Å². The van der Waals surface area contributed by atoms with Crippen LogP contribution >= 0.6 is 11.6 Å². The minimum Gasteiger partial charge on any atom is -0.326 e. The van der Waals surface area contributed by atoms with Crippen molar-refractivity contribution >= 4 is 11.6 Å². The van der Waals surface area contributed by atoms with Crippen molar-refractivity contribution < 1.29 is 14.2 Å². The molecule has 0 aliphatic rings. The fraction of sp³-hybridized carbons (Fsp3) is 1.00. The van der Waals surface area contributed by atoms with E-state index < -0.39 is 5.50 Å². The number of ether oxygens (including phenoxy) is 1. The van der Waals surface area contributed by atoms with Crippen LogP contribution in [0.2, 0.25) is 0 Å². The minimum atomic E-state index is -2.99. The molecule has 0 radical (unpaired) electrons. The van der Waals surface area contributed by atoms with E-state index in [4.69, 9.17) is 5.11 Å². The van der Waals surface area contributed by atoms with Crippen LogP contribution in [0, 0.1) is 0 Å². The van der Waals surface area contributed by atoms with Crippen LogP contribution in [0.4, 0.5) is 4.39 Å². The molecule has 0 aromatic carbocycles. The maximum atomic E-state index is 11.2. The van der Waals surface area contributed by atoms with Crippen molar-refractivity contribution in [3.05, 3.63) is 0 Å². The highest BCUT2D eigenvalue weighted by Crippen LogP contribution is 2.10. The van der Waals surface area contributed by atoms with Crippen molar-refractivity contribution in [2.75, 3.05) is 7.11 Å². The first kappa shape index (κ1) is 6.14. The van der Waals surface area contributed by atoms with Gasteiger partial charge in [-0.2, -0.15) is 4.39 Å². The second-order valence-electron chi connectivity index (χ2n) is 0.690. The van der Waals surface area contributed by atoms with Crippen LogP contribution in [-0.2, 0) is 4.74 Å². The molecule has 6 heavy (non-hydrogen) atoms. The summed E-state index contributed by atoms with van der Waals surface area (Å²) in [7, 11) is 0.951. The van der Waals surface area contributed by atoms with Gasteiger partial charge in [-0.3, -0.25) is 0 Å². The second-order valence-corrected chi connectivity index (χ2v) is 1.16. The van der Waals surface area contributed by atoms with Gasteiger partial charge in [0.2, 0.25) is 0 Å². The molecule has 0 bridgehead atoms. The molecule has 0 aromatic rings. The van der Waals surface area contributed by atoms with Crippen molar-refractivity contribution in [3.63, 3.8) is 0 Å². The fourth-order valence-electron chi connectivity index (χ4n) is 0. The molecule has 0 aromatic heterocycles. The van der Waals surface area contributed by atoms with Gasteiger partial charge in [0.05, 0.1) is 0 Å². The first-order valence-corrected chi connectivity index (χ1v) is 1.59. The number of alkyl halides is 2. The lowest BCUT2D eigenvalue weighted by Gasteiger charge is -2.03. The van der Waals surface area contributed by atoms with Gasteiger partial charge in [0.25, 0.3) is 0 Å². The molecule has 2 nitrogen and oxygen atoms in total. The van der Waals surface area contributed by atoms with E-state index >= 15 is 0 Å². The van der Waals surface area contributed by atoms with Crippen molar-refractivity contribution in [2.45, 2.75) is 5.50 Å². The summed E-state index contributed by atoms with van der Waals surface area (Å²) in [4.78, 5) is 0. The zero-order valence-electron chi connectivity index (χ0n) is 3.11. The van der Waals surface area contributed by atoms with Gasteiger partial charge >= 0.3 is 5.50 Å². The predicted molar refractivity (Wildman–Crippen MR) is 18.9 cm³/mol. The van der Waals surface area contributed by atoms with Gasteiger partial charge in [0.15, 0.2) is 0 Å². The average molecular weight is 115 g/mol. The molecule has 0 saturated heterocycles. The second kappa shape index (κ2) is 1.73. The van der Waals surface area contributed by atoms with Crippen LogP contribution in [0.1, 0.15) is 0 Å². The zero-order chi connectivity index (χ0) is 5.21. The lowest BCUT2D eigenvalue weighted by molar-refractivity contribution is -0.207. The van der Waals surface area contributed by atoms with Gasteiger partial charge in [-0.1, -0.05) is 0 Å². The Labute approximate surface area is 39.5 Å². The SMILES string of the molecule is COC(O)(F)Cl. The molecular formula is C2H4ClFO2. The summed E-state index contributed by atoms with van der Waals surface area (Å²) >= 11 is 4.38. The van der Waals surface area contributed by atoms with Crippen molar-refractivity contribution in [1.82, 2.24) is 0 Å². The van der Waals surface area contributed by atoms with Gasteiger partial charge in [-0.05, 0) is 11.6 Å². The Balaban J connectivity index is 3.17. The van der Waals surface area contributed by atoms with E-state index in [0.29, 0.717) is 0 Å². The molecular weight excluding hydrogens is 110 g/mol. The Morgan fingerprint density at radius 2 is 2.17 bits per heavy atom. The quantitative estimate of drug-likeness (QED) is 0.396. The summed E-state index contributed by atoms with van der Waals surface area (Å²) in [5.41, 5.74) is -2.99. The molecule has 0 aliphatic heterocycles. The van der Waals surface area contributed by atoms with Crippen LogP contribution in [-0.4, -0.2) is 17.7 Å². The smallest absolute Gasteiger partial charge is 0.326 e. The van der Waals surface area contributed by atoms with E-state index in [1.807, 2.05) is 0 Å². The minimum absolute atomic E-state index is 0.951. The number of rotatable bonds is 1. The van der Waals surface area contributed by atoms with Crippen LogP contribution < -0.4 is 0 Å². The molecule has 1 unspecified atom stereocenters. The Morgan fingerprint density at radius 3 is 2.17 bits per heavy atom. The van der Waals surface area contributed by atoms with Crippen molar-refractivity contribution in [2.24, 2.45) is 0 Å². The summed E-state index contributed by atoms with van der Waals surface area (Å²) in [6.45, 7) is 0. The maximum absolute atomic E-state index is 11.2. The number of aliphatic hydroxyl groups is 1. The summed E-state index contributed by atoms with van der Waals surface area (Å²) in [5, 5.41) is 7.70. The third-order valence-corrected chi connectivity index (χ3v) is 0.400. The summed E-state index contributed by atoms with van der Waals surface area (Å²) in [5.74, 6) is 0. The molecule has 0 fully saturated rings. The largest absolute Gasteiger partial charge is 0.403 e. The van der Waals surface area contributed by atoms with E-state index in [1.165, 1.54) is 0 Å². The number of methoxy groups -OCH3 is 1. The molecule has 0 rings (SSSR count). The third kappa shape index (κ3) is 4.14. The van der Waals surface area contributed by atoms with Crippen LogP contribution in [0.15, 0.2) is 0 Å². The zero-order valence-corrected chi connectivity index (χ0v) is 3.87. The van der Waals surface area contributed by atoms with Gasteiger partial charge in [0, 0.05) is 7.11 Å². The normalized spacial score (nSPS) is 20.0. The number of hydrogen-bond acceptors (Lipinski definition) is 2. The topological polar surface area (TPSA) is 29.5 Å². The lowest BCUT2D eigenvalue weighted by atomic mass is 11.3. The van der Waals surface area contributed by atoms with Gasteiger partial charge in [-0.25, -0.2) is 0 Å². The standard InChI is InChI=1S/C2H4ClFO2/c1-6-2(3,4)5/h5H,1H3. The summed E-state index contributed by atoms with van der Waals surface area (Å²) in [6.07, 6.45) is 0. The molecule has 0 amide bonds. The molecule has 4 heteroatoms. The van der Waals surface area contributed by atoms with E-state index in [9.17, 15) is 4.39 Å². The molecule has 0 saturated carbocycles. The van der Waals surface area contributed by atoms with Gasteiger partial charge in [-0.15, -0.1) is 0 Å². The Hall–Kier alpha value is 0.140. The van der Waals surface area contributed by atoms with E-state index in [-0.39, 0.29) is 0 Å². The Morgan fingerprint density at radius 1 is 2.00 bits per heavy atom. The first-order valence-electron chi connectivity index (χ1n) is 1.21. The van der Waals surface area contributed by atoms with Gasteiger partial charge < -0.3 is 9.84 Å². The van der Waals surface area contributed by atoms with Crippen LogP contribution in [0.3, 0.4) is 0 Å². The Bertz CT molecular complexity index is 41.3. The monoisotopic (exact) mass is 114 g/mol. The highest BCUT2D eigenvalue weighted by atomic mass is 35.5. The highest BCUT2D eigenvalue weighted by molar-refractivity contribution is 6.20. The number of hydrogen-bond donors (Lipinski definition) is 1. The molecule has 38 valence electrons. The molecule has 0 spiro atoms.